The topological polar surface area (TPSA) is 21.3 Å². The van der Waals surface area contributed by atoms with E-state index in [1.165, 1.54) is 0 Å². The molecule has 0 unspecified atom stereocenters. The molecule has 104 valence electrons. The van der Waals surface area contributed by atoms with Crippen molar-refractivity contribution in [3.8, 4) is 11.5 Å². The molecule has 3 aromatic carbocycles. The molecule has 0 fully saturated rings. The second kappa shape index (κ2) is 6.33. The lowest BCUT2D eigenvalue weighted by atomic mass is 10.2. The summed E-state index contributed by atoms with van der Waals surface area (Å²) < 4.78 is 5.82. The van der Waals surface area contributed by atoms with Crippen LogP contribution in [0.5, 0.6) is 11.5 Å². The van der Waals surface area contributed by atoms with Crippen LogP contribution in [0.1, 0.15) is 0 Å². The Morgan fingerprint density at radius 3 is 2.10 bits per heavy atom. The number of benzene rings is 3. The van der Waals surface area contributed by atoms with Crippen molar-refractivity contribution in [1.82, 2.24) is 0 Å². The van der Waals surface area contributed by atoms with Gasteiger partial charge in [0, 0.05) is 5.69 Å². The quantitative estimate of drug-likeness (QED) is 0.649. The Balaban J connectivity index is 1.85. The van der Waals surface area contributed by atoms with E-state index in [-0.39, 0.29) is 0 Å². The first-order chi connectivity index (χ1) is 10.3. The number of para-hydroxylation sites is 2. The third kappa shape index (κ3) is 3.36. The molecular weight excluding hydrogens is 282 g/mol. The molecule has 0 aliphatic carbocycles. The van der Waals surface area contributed by atoms with Crippen LogP contribution in [0.2, 0.25) is 5.02 Å². The van der Waals surface area contributed by atoms with Gasteiger partial charge in [-0.05, 0) is 36.4 Å². The summed E-state index contributed by atoms with van der Waals surface area (Å²) in [4.78, 5) is 0. The van der Waals surface area contributed by atoms with E-state index < -0.39 is 0 Å². The molecule has 3 aromatic rings. The van der Waals surface area contributed by atoms with Crippen LogP contribution in [0.25, 0.3) is 0 Å². The zero-order valence-electron chi connectivity index (χ0n) is 11.3. The minimum Gasteiger partial charge on any atom is -0.456 e. The standard InChI is InChI=1S/C18H14ClNO/c19-18-16(20-14-8-3-1-4-9-14)12-7-13-17(18)21-15-10-5-2-6-11-15/h1-13,20H. The molecule has 0 bridgehead atoms. The van der Waals surface area contributed by atoms with Gasteiger partial charge in [0.1, 0.15) is 16.5 Å². The second-order valence-corrected chi connectivity index (χ2v) is 4.90. The molecule has 3 rings (SSSR count). The van der Waals surface area contributed by atoms with Crippen LogP contribution >= 0.6 is 11.6 Å². The normalized spacial score (nSPS) is 10.1. The highest BCUT2D eigenvalue weighted by atomic mass is 35.5. The van der Waals surface area contributed by atoms with Gasteiger partial charge in [-0.3, -0.25) is 0 Å². The molecule has 0 aliphatic rings. The van der Waals surface area contributed by atoms with E-state index in [9.17, 15) is 0 Å². The third-order valence-electron chi connectivity index (χ3n) is 2.99. The fourth-order valence-electron chi connectivity index (χ4n) is 1.98. The van der Waals surface area contributed by atoms with E-state index in [1.807, 2.05) is 78.9 Å². The van der Waals surface area contributed by atoms with E-state index >= 15 is 0 Å². The first-order valence-electron chi connectivity index (χ1n) is 6.66. The predicted octanol–water partition coefficient (Wildman–Crippen LogP) is 5.88. The van der Waals surface area contributed by atoms with Crippen molar-refractivity contribution in [2.24, 2.45) is 0 Å². The number of anilines is 2. The number of rotatable bonds is 4. The summed E-state index contributed by atoms with van der Waals surface area (Å²) in [6.07, 6.45) is 0. The highest BCUT2D eigenvalue weighted by Gasteiger charge is 2.08. The number of hydrogen-bond acceptors (Lipinski definition) is 2. The van der Waals surface area contributed by atoms with Crippen LogP contribution in [0.3, 0.4) is 0 Å². The summed E-state index contributed by atoms with van der Waals surface area (Å²) in [7, 11) is 0. The van der Waals surface area contributed by atoms with Crippen LogP contribution in [0, 0.1) is 0 Å². The van der Waals surface area contributed by atoms with E-state index in [0.29, 0.717) is 10.8 Å². The van der Waals surface area contributed by atoms with Crippen molar-refractivity contribution in [3.63, 3.8) is 0 Å². The largest absolute Gasteiger partial charge is 0.456 e. The molecule has 0 aromatic heterocycles. The first-order valence-corrected chi connectivity index (χ1v) is 7.04. The molecule has 0 saturated heterocycles. The Kier molecular flexibility index (Phi) is 4.08. The van der Waals surface area contributed by atoms with Gasteiger partial charge in [0.2, 0.25) is 0 Å². The number of hydrogen-bond donors (Lipinski definition) is 1. The maximum atomic E-state index is 6.42. The van der Waals surface area contributed by atoms with Crippen molar-refractivity contribution in [2.45, 2.75) is 0 Å². The van der Waals surface area contributed by atoms with Crippen LogP contribution in [-0.4, -0.2) is 0 Å². The maximum Gasteiger partial charge on any atom is 0.148 e. The Morgan fingerprint density at radius 2 is 1.38 bits per heavy atom. The van der Waals surface area contributed by atoms with Crippen molar-refractivity contribution in [3.05, 3.63) is 83.9 Å². The highest BCUT2D eigenvalue weighted by Crippen LogP contribution is 2.36. The molecule has 3 heteroatoms. The molecule has 0 saturated carbocycles. The lowest BCUT2D eigenvalue weighted by Gasteiger charge is -2.12. The Labute approximate surface area is 129 Å². The van der Waals surface area contributed by atoms with E-state index in [0.717, 1.165) is 17.1 Å². The zero-order valence-corrected chi connectivity index (χ0v) is 12.0. The van der Waals surface area contributed by atoms with Gasteiger partial charge in [-0.25, -0.2) is 0 Å². The smallest absolute Gasteiger partial charge is 0.148 e. The van der Waals surface area contributed by atoms with Crippen molar-refractivity contribution < 1.29 is 4.74 Å². The molecule has 0 spiro atoms. The highest BCUT2D eigenvalue weighted by molar-refractivity contribution is 6.34. The van der Waals surface area contributed by atoms with Gasteiger partial charge < -0.3 is 10.1 Å². The van der Waals surface area contributed by atoms with Crippen molar-refractivity contribution in [1.29, 1.82) is 0 Å². The average Bonchev–Trinajstić information content (AvgIpc) is 2.53. The molecule has 0 radical (unpaired) electrons. The number of halogens is 1. The van der Waals surface area contributed by atoms with Crippen LogP contribution in [-0.2, 0) is 0 Å². The lowest BCUT2D eigenvalue weighted by molar-refractivity contribution is 0.483. The van der Waals surface area contributed by atoms with Gasteiger partial charge in [-0.1, -0.05) is 54.1 Å². The Bertz CT molecular complexity index is 654. The molecule has 21 heavy (non-hydrogen) atoms. The third-order valence-corrected chi connectivity index (χ3v) is 3.38. The lowest BCUT2D eigenvalue weighted by Crippen LogP contribution is -1.93. The monoisotopic (exact) mass is 295 g/mol. The minimum absolute atomic E-state index is 0.560. The molecule has 2 nitrogen and oxygen atoms in total. The molecule has 0 atom stereocenters. The Hall–Kier alpha value is -2.45. The van der Waals surface area contributed by atoms with Gasteiger partial charge in [0.15, 0.2) is 0 Å². The van der Waals surface area contributed by atoms with Crippen LogP contribution in [0.4, 0.5) is 11.4 Å². The van der Waals surface area contributed by atoms with Gasteiger partial charge in [0.05, 0.1) is 5.69 Å². The Morgan fingerprint density at radius 1 is 0.714 bits per heavy atom. The van der Waals surface area contributed by atoms with Gasteiger partial charge in [-0.15, -0.1) is 0 Å². The maximum absolute atomic E-state index is 6.42. The minimum atomic E-state index is 0.560. The fraction of sp³-hybridized carbons (Fsp3) is 0. The summed E-state index contributed by atoms with van der Waals surface area (Å²) in [5, 5.41) is 3.85. The molecule has 1 N–H and O–H groups in total. The summed E-state index contributed by atoms with van der Waals surface area (Å²) in [6, 6.07) is 25.2. The van der Waals surface area contributed by atoms with Crippen LogP contribution < -0.4 is 10.1 Å². The number of ether oxygens (including phenoxy) is 1. The molecule has 0 aliphatic heterocycles. The van der Waals surface area contributed by atoms with Crippen molar-refractivity contribution in [2.75, 3.05) is 5.32 Å². The van der Waals surface area contributed by atoms with E-state index in [4.69, 9.17) is 16.3 Å². The van der Waals surface area contributed by atoms with Crippen LogP contribution in [0.15, 0.2) is 78.9 Å². The SMILES string of the molecule is Clc1c(Nc2ccccc2)cccc1Oc1ccccc1. The van der Waals surface area contributed by atoms with Gasteiger partial charge in [-0.2, -0.15) is 0 Å². The predicted molar refractivity (Wildman–Crippen MR) is 87.7 cm³/mol. The van der Waals surface area contributed by atoms with E-state index in [1.54, 1.807) is 0 Å². The summed E-state index contributed by atoms with van der Waals surface area (Å²) >= 11 is 6.42. The van der Waals surface area contributed by atoms with E-state index in [2.05, 4.69) is 5.32 Å². The molecule has 0 heterocycles. The zero-order chi connectivity index (χ0) is 14.5. The molecular formula is C18H14ClNO. The average molecular weight is 296 g/mol. The second-order valence-electron chi connectivity index (χ2n) is 4.52. The fourth-order valence-corrected chi connectivity index (χ4v) is 2.19. The first kappa shape index (κ1) is 13.5. The van der Waals surface area contributed by atoms with Crippen molar-refractivity contribution >= 4 is 23.0 Å². The number of nitrogens with one attached hydrogen (secondary N) is 1. The molecule has 0 amide bonds. The van der Waals surface area contributed by atoms with Gasteiger partial charge in [0.25, 0.3) is 0 Å². The summed E-state index contributed by atoms with van der Waals surface area (Å²) in [5.74, 6) is 1.39. The summed E-state index contributed by atoms with van der Waals surface area (Å²) in [5.41, 5.74) is 1.80. The summed E-state index contributed by atoms with van der Waals surface area (Å²) in [6.45, 7) is 0. The van der Waals surface area contributed by atoms with Gasteiger partial charge >= 0.3 is 0 Å².